The summed E-state index contributed by atoms with van der Waals surface area (Å²) in [5.41, 5.74) is -1.43. The van der Waals surface area contributed by atoms with Crippen LogP contribution in [0.5, 0.6) is 0 Å². The van der Waals surface area contributed by atoms with Crippen LogP contribution in [0.25, 0.3) is 0 Å². The van der Waals surface area contributed by atoms with Crippen LogP contribution >= 0.6 is 7.94 Å². The van der Waals surface area contributed by atoms with Gasteiger partial charge in [-0.2, -0.15) is 18.7 Å². The predicted molar refractivity (Wildman–Crippen MR) is 40.4 cm³/mol. The average molecular weight is 183 g/mol. The quantitative estimate of drug-likeness (QED) is 0.631. The zero-order valence-corrected chi connectivity index (χ0v) is 7.38. The Labute approximate surface area is 65.5 Å². The van der Waals surface area contributed by atoms with Gasteiger partial charge in [0.25, 0.3) is 0 Å². The maximum absolute atomic E-state index is 10.4. The Hall–Kier alpha value is -0.220. The summed E-state index contributed by atoms with van der Waals surface area (Å²) in [6.07, 6.45) is 0. The molecule has 5 nitrogen and oxygen atoms in total. The van der Waals surface area contributed by atoms with E-state index in [1.807, 2.05) is 0 Å². The van der Waals surface area contributed by atoms with E-state index in [2.05, 4.69) is 9.05 Å². The van der Waals surface area contributed by atoms with Crippen molar-refractivity contribution in [2.45, 2.75) is 13.8 Å². The molecule has 6 heteroatoms. The molecule has 0 aromatic carbocycles. The highest BCUT2D eigenvalue weighted by Crippen LogP contribution is 2.57. The van der Waals surface area contributed by atoms with Gasteiger partial charge in [0.05, 0.1) is 13.2 Å². The van der Waals surface area contributed by atoms with Crippen LogP contribution in [-0.2, 0) is 9.05 Å². The lowest BCUT2D eigenvalue weighted by Gasteiger charge is -2.08. The molecule has 0 atom stereocenters. The summed E-state index contributed by atoms with van der Waals surface area (Å²) in [6.45, 7) is 3.42. The van der Waals surface area contributed by atoms with Crippen molar-refractivity contribution in [1.29, 1.82) is 0 Å². The lowest BCUT2D eigenvalue weighted by Crippen LogP contribution is -2.10. The van der Waals surface area contributed by atoms with Crippen LogP contribution < -0.4 is 0 Å². The van der Waals surface area contributed by atoms with E-state index in [9.17, 15) is 4.79 Å². The van der Waals surface area contributed by atoms with Gasteiger partial charge in [-0.25, -0.2) is 0 Å². The number of carbonyl (C=O) groups is 1. The molecule has 0 unspecified atom stereocenters. The van der Waals surface area contributed by atoms with E-state index in [1.165, 1.54) is 0 Å². The minimum absolute atomic E-state index is 0.122. The lowest BCUT2D eigenvalue weighted by atomic mass is 10.9. The van der Waals surface area contributed by atoms with E-state index in [0.717, 1.165) is 0 Å². The number of rotatable bonds is 5. The molecule has 0 aliphatic heterocycles. The molecule has 0 aromatic heterocycles. The van der Waals surface area contributed by atoms with Crippen molar-refractivity contribution in [2.75, 3.05) is 13.2 Å². The SMILES string of the molecule is CCO[P+](O)(OCC)C(=O)O. The Kier molecular flexibility index (Phi) is 4.52. The molecular weight excluding hydrogens is 171 g/mol. The summed E-state index contributed by atoms with van der Waals surface area (Å²) in [5, 5.41) is 8.44. The van der Waals surface area contributed by atoms with E-state index >= 15 is 0 Å². The van der Waals surface area contributed by atoms with Crippen LogP contribution in [0.15, 0.2) is 0 Å². The van der Waals surface area contributed by atoms with Gasteiger partial charge in [-0.15, -0.1) is 0 Å². The van der Waals surface area contributed by atoms with Crippen LogP contribution in [0, 0.1) is 0 Å². The Morgan fingerprint density at radius 1 is 1.36 bits per heavy atom. The van der Waals surface area contributed by atoms with Crippen molar-refractivity contribution in [3.05, 3.63) is 0 Å². The molecule has 2 N–H and O–H groups in total. The van der Waals surface area contributed by atoms with Crippen molar-refractivity contribution in [3.63, 3.8) is 0 Å². The minimum Gasteiger partial charge on any atom is -0.445 e. The maximum atomic E-state index is 10.4. The highest BCUT2D eigenvalue weighted by Gasteiger charge is 2.51. The molecule has 0 spiro atoms. The van der Waals surface area contributed by atoms with Gasteiger partial charge in [0.1, 0.15) is 0 Å². The Bertz CT molecular complexity index is 131. The minimum atomic E-state index is -3.62. The van der Waals surface area contributed by atoms with E-state index in [1.54, 1.807) is 13.8 Å². The highest BCUT2D eigenvalue weighted by molar-refractivity contribution is 7.77. The predicted octanol–water partition coefficient (Wildman–Crippen LogP) is 1.49. The Balaban J connectivity index is 4.13. The Morgan fingerprint density at radius 2 is 1.73 bits per heavy atom. The van der Waals surface area contributed by atoms with E-state index in [4.69, 9.17) is 10.00 Å². The number of hydrogen-bond donors (Lipinski definition) is 2. The van der Waals surface area contributed by atoms with Crippen LogP contribution in [0.1, 0.15) is 13.8 Å². The van der Waals surface area contributed by atoms with Gasteiger partial charge in [0.15, 0.2) is 0 Å². The molecule has 0 rings (SSSR count). The molecule has 0 bridgehead atoms. The average Bonchev–Trinajstić information content (AvgIpc) is 1.88. The summed E-state index contributed by atoms with van der Waals surface area (Å²) < 4.78 is 9.15. The highest BCUT2D eigenvalue weighted by atomic mass is 31.2. The molecular formula is C5H12O5P+. The van der Waals surface area contributed by atoms with E-state index < -0.39 is 13.7 Å². The standard InChI is InChI=1S/C5H11O5P/c1-3-9-11(8,5(6)7)10-4-2/h8H,3-4H2,1-2H3/p+1. The zero-order chi connectivity index (χ0) is 8.91. The second-order valence-corrected chi connectivity index (χ2v) is 3.58. The van der Waals surface area contributed by atoms with Gasteiger partial charge in [-0.1, -0.05) is 0 Å². The fourth-order valence-electron chi connectivity index (χ4n) is 0.498. The third-order valence-corrected chi connectivity index (χ3v) is 2.55. The fourth-order valence-corrected chi connectivity index (χ4v) is 1.49. The summed E-state index contributed by atoms with van der Waals surface area (Å²) >= 11 is 0. The van der Waals surface area contributed by atoms with Gasteiger partial charge < -0.3 is 5.11 Å². The van der Waals surface area contributed by atoms with Crippen LogP contribution in [0.2, 0.25) is 0 Å². The largest absolute Gasteiger partial charge is 0.543 e. The van der Waals surface area contributed by atoms with Crippen LogP contribution in [0.4, 0.5) is 4.79 Å². The Morgan fingerprint density at radius 3 is 1.91 bits per heavy atom. The second-order valence-electron chi connectivity index (χ2n) is 1.64. The molecule has 0 fully saturated rings. The molecule has 11 heavy (non-hydrogen) atoms. The van der Waals surface area contributed by atoms with E-state index in [-0.39, 0.29) is 13.2 Å². The van der Waals surface area contributed by atoms with Crippen molar-refractivity contribution in [2.24, 2.45) is 0 Å². The number of carboxylic acid groups (broad SMARTS) is 1. The maximum Gasteiger partial charge on any atom is 0.543 e. The van der Waals surface area contributed by atoms with Crippen LogP contribution in [-0.4, -0.2) is 28.9 Å². The molecule has 0 radical (unpaired) electrons. The molecule has 0 aliphatic carbocycles. The van der Waals surface area contributed by atoms with Gasteiger partial charge in [0.2, 0.25) is 0 Å². The summed E-state index contributed by atoms with van der Waals surface area (Å²) in [7, 11) is -3.62. The number of hydrogen-bond acceptors (Lipinski definition) is 4. The smallest absolute Gasteiger partial charge is 0.445 e. The van der Waals surface area contributed by atoms with Crippen molar-refractivity contribution in [3.8, 4) is 0 Å². The second kappa shape index (κ2) is 4.62. The first-order chi connectivity index (χ1) is 5.06. The monoisotopic (exact) mass is 183 g/mol. The van der Waals surface area contributed by atoms with Crippen molar-refractivity contribution in [1.82, 2.24) is 0 Å². The third-order valence-electron chi connectivity index (χ3n) is 0.850. The summed E-state index contributed by atoms with van der Waals surface area (Å²) in [6, 6.07) is 0. The third kappa shape index (κ3) is 3.12. The molecule has 0 saturated heterocycles. The van der Waals surface area contributed by atoms with Crippen LogP contribution in [0.3, 0.4) is 0 Å². The topological polar surface area (TPSA) is 76.0 Å². The molecule has 0 aromatic rings. The van der Waals surface area contributed by atoms with E-state index in [0.29, 0.717) is 0 Å². The van der Waals surface area contributed by atoms with Gasteiger partial charge in [-0.3, -0.25) is 0 Å². The van der Waals surface area contributed by atoms with Crippen molar-refractivity contribution >= 4 is 13.7 Å². The summed E-state index contributed by atoms with van der Waals surface area (Å²) in [4.78, 5) is 19.5. The van der Waals surface area contributed by atoms with Gasteiger partial charge >= 0.3 is 13.7 Å². The first-order valence-corrected chi connectivity index (χ1v) is 4.79. The molecule has 0 amide bonds. The summed E-state index contributed by atoms with van der Waals surface area (Å²) in [5.74, 6) is 0. The van der Waals surface area contributed by atoms with Gasteiger partial charge in [0, 0.05) is 0 Å². The zero-order valence-electron chi connectivity index (χ0n) is 6.48. The molecule has 0 heterocycles. The van der Waals surface area contributed by atoms with Crippen molar-refractivity contribution < 1.29 is 23.8 Å². The fraction of sp³-hybridized carbons (Fsp3) is 0.800. The van der Waals surface area contributed by atoms with Gasteiger partial charge in [-0.05, 0) is 13.8 Å². The first-order valence-electron chi connectivity index (χ1n) is 3.21. The normalized spacial score (nSPS) is 11.5. The first kappa shape index (κ1) is 10.8. The molecule has 0 aliphatic rings. The lowest BCUT2D eigenvalue weighted by molar-refractivity contribution is 0.163. The molecule has 0 saturated carbocycles. The molecule has 66 valence electrons.